The van der Waals surface area contributed by atoms with E-state index in [9.17, 15) is 4.79 Å². The summed E-state index contributed by atoms with van der Waals surface area (Å²) in [6.07, 6.45) is 1.23. The van der Waals surface area contributed by atoms with Crippen molar-refractivity contribution < 1.29 is 9.53 Å². The van der Waals surface area contributed by atoms with Crippen molar-refractivity contribution in [1.29, 1.82) is 0 Å². The van der Waals surface area contributed by atoms with E-state index in [-0.39, 0.29) is 18.5 Å². The lowest BCUT2D eigenvalue weighted by Gasteiger charge is -2.41. The van der Waals surface area contributed by atoms with Crippen LogP contribution in [0, 0.1) is 0 Å². The number of methoxy groups -OCH3 is 1. The molecular weight excluding hydrogens is 168 g/mol. The molecule has 4 N–H and O–H groups in total. The Balaban J connectivity index is 0.000001000. The lowest BCUT2D eigenvalue weighted by Crippen LogP contribution is -2.63. The normalized spacial score (nSPS) is 35.3. The molecule has 4 nitrogen and oxygen atoms in total. The van der Waals surface area contributed by atoms with Crippen molar-refractivity contribution in [3.63, 3.8) is 0 Å². The number of primary amides is 1. The van der Waals surface area contributed by atoms with Gasteiger partial charge in [0, 0.05) is 20.0 Å². The zero-order valence-corrected chi connectivity index (χ0v) is 7.19. The van der Waals surface area contributed by atoms with E-state index in [1.807, 2.05) is 0 Å². The van der Waals surface area contributed by atoms with E-state index >= 15 is 0 Å². The first-order valence-electron chi connectivity index (χ1n) is 3.20. The van der Waals surface area contributed by atoms with Gasteiger partial charge < -0.3 is 16.2 Å². The molecule has 1 rings (SSSR count). The quantitative estimate of drug-likeness (QED) is 0.596. The van der Waals surface area contributed by atoms with Gasteiger partial charge in [0.15, 0.2) is 0 Å². The van der Waals surface area contributed by atoms with Crippen LogP contribution in [0.3, 0.4) is 0 Å². The van der Waals surface area contributed by atoms with E-state index in [0.717, 1.165) is 0 Å². The second kappa shape index (κ2) is 3.38. The predicted octanol–water partition coefficient (Wildman–Crippen LogP) is -0.600. The van der Waals surface area contributed by atoms with Crippen LogP contribution in [-0.4, -0.2) is 24.7 Å². The Morgan fingerprint density at radius 3 is 2.36 bits per heavy atom. The first-order chi connectivity index (χ1) is 4.58. The molecule has 0 unspecified atom stereocenters. The molecule has 0 spiro atoms. The molecule has 5 heteroatoms. The molecule has 0 aromatic rings. The summed E-state index contributed by atoms with van der Waals surface area (Å²) in [7, 11) is 1.60. The Bertz CT molecular complexity index is 157. The van der Waals surface area contributed by atoms with E-state index in [1.54, 1.807) is 7.11 Å². The number of carbonyl (C=O) groups excluding carboxylic acids is 1. The first-order valence-corrected chi connectivity index (χ1v) is 3.20. The molecule has 1 aliphatic rings. The Morgan fingerprint density at radius 1 is 1.64 bits per heavy atom. The fourth-order valence-electron chi connectivity index (χ4n) is 1.12. The molecule has 0 aromatic heterocycles. The molecule has 11 heavy (non-hydrogen) atoms. The third-order valence-electron chi connectivity index (χ3n) is 2.01. The maximum absolute atomic E-state index is 10.6. The van der Waals surface area contributed by atoms with Crippen molar-refractivity contribution in [2.24, 2.45) is 11.5 Å². The van der Waals surface area contributed by atoms with E-state index in [0.29, 0.717) is 12.8 Å². The van der Waals surface area contributed by atoms with Crippen molar-refractivity contribution in [1.82, 2.24) is 0 Å². The summed E-state index contributed by atoms with van der Waals surface area (Å²) < 4.78 is 4.94. The van der Waals surface area contributed by atoms with Crippen LogP contribution in [-0.2, 0) is 9.53 Å². The van der Waals surface area contributed by atoms with Gasteiger partial charge in [0.25, 0.3) is 0 Å². The van der Waals surface area contributed by atoms with Gasteiger partial charge >= 0.3 is 0 Å². The van der Waals surface area contributed by atoms with E-state index in [1.165, 1.54) is 0 Å². The topological polar surface area (TPSA) is 78.3 Å². The molecule has 1 saturated carbocycles. The summed E-state index contributed by atoms with van der Waals surface area (Å²) >= 11 is 0. The van der Waals surface area contributed by atoms with E-state index in [2.05, 4.69) is 0 Å². The SMILES string of the molecule is COC1CC(N)(C(N)=O)C1.Cl. The zero-order valence-electron chi connectivity index (χ0n) is 6.37. The van der Waals surface area contributed by atoms with Gasteiger partial charge in [-0.05, 0) is 0 Å². The van der Waals surface area contributed by atoms with Gasteiger partial charge in [-0.1, -0.05) is 0 Å². The van der Waals surface area contributed by atoms with Gasteiger partial charge in [0.2, 0.25) is 5.91 Å². The van der Waals surface area contributed by atoms with Crippen molar-refractivity contribution >= 4 is 18.3 Å². The van der Waals surface area contributed by atoms with Crippen LogP contribution in [0.2, 0.25) is 0 Å². The average molecular weight is 181 g/mol. The van der Waals surface area contributed by atoms with Gasteiger partial charge in [0.05, 0.1) is 6.10 Å². The second-order valence-electron chi connectivity index (χ2n) is 2.79. The number of rotatable bonds is 2. The minimum Gasteiger partial charge on any atom is -0.381 e. The van der Waals surface area contributed by atoms with Crippen molar-refractivity contribution in [3.8, 4) is 0 Å². The van der Waals surface area contributed by atoms with Gasteiger partial charge in [-0.2, -0.15) is 0 Å². The van der Waals surface area contributed by atoms with Crippen LogP contribution < -0.4 is 11.5 Å². The highest BCUT2D eigenvalue weighted by molar-refractivity contribution is 5.85. The van der Waals surface area contributed by atoms with Crippen LogP contribution >= 0.6 is 12.4 Å². The predicted molar refractivity (Wildman–Crippen MR) is 43.4 cm³/mol. The summed E-state index contributed by atoms with van der Waals surface area (Å²) in [5, 5.41) is 0. The maximum Gasteiger partial charge on any atom is 0.237 e. The zero-order chi connectivity index (χ0) is 7.78. The molecule has 0 saturated heterocycles. The molecule has 0 bridgehead atoms. The third kappa shape index (κ3) is 1.83. The van der Waals surface area contributed by atoms with Gasteiger partial charge in [-0.15, -0.1) is 12.4 Å². The molecule has 1 fully saturated rings. The van der Waals surface area contributed by atoms with Crippen molar-refractivity contribution in [2.45, 2.75) is 24.5 Å². The fourth-order valence-corrected chi connectivity index (χ4v) is 1.12. The van der Waals surface area contributed by atoms with Crippen molar-refractivity contribution in [3.05, 3.63) is 0 Å². The fraction of sp³-hybridized carbons (Fsp3) is 0.833. The smallest absolute Gasteiger partial charge is 0.237 e. The lowest BCUT2D eigenvalue weighted by atomic mass is 9.74. The number of ether oxygens (including phenoxy) is 1. The van der Waals surface area contributed by atoms with E-state index in [4.69, 9.17) is 16.2 Å². The molecule has 0 atom stereocenters. The van der Waals surface area contributed by atoms with Gasteiger partial charge in [0.1, 0.15) is 5.54 Å². The number of nitrogens with two attached hydrogens (primary N) is 2. The molecule has 0 radical (unpaired) electrons. The standard InChI is InChI=1S/C6H12N2O2.ClH/c1-10-4-2-6(8,3-4)5(7)9;/h4H,2-3,8H2,1H3,(H2,7,9);1H. The first kappa shape index (κ1) is 10.7. The maximum atomic E-state index is 10.6. The molecule has 1 amide bonds. The van der Waals surface area contributed by atoms with Crippen LogP contribution in [0.1, 0.15) is 12.8 Å². The molecule has 0 aliphatic heterocycles. The van der Waals surface area contributed by atoms with Gasteiger partial charge in [-0.25, -0.2) is 0 Å². The van der Waals surface area contributed by atoms with Crippen LogP contribution in [0.15, 0.2) is 0 Å². The highest BCUT2D eigenvalue weighted by Crippen LogP contribution is 2.31. The summed E-state index contributed by atoms with van der Waals surface area (Å²) in [5.41, 5.74) is 9.80. The Labute approximate surface area is 71.7 Å². The molecule has 1 aliphatic carbocycles. The highest BCUT2D eigenvalue weighted by Gasteiger charge is 2.45. The largest absolute Gasteiger partial charge is 0.381 e. The van der Waals surface area contributed by atoms with Gasteiger partial charge in [-0.3, -0.25) is 4.79 Å². The summed E-state index contributed by atoms with van der Waals surface area (Å²) in [6.45, 7) is 0. The number of hydrogen-bond donors (Lipinski definition) is 2. The van der Waals surface area contributed by atoms with Crippen LogP contribution in [0.5, 0.6) is 0 Å². The summed E-state index contributed by atoms with van der Waals surface area (Å²) in [5.74, 6) is -0.430. The average Bonchev–Trinajstić information content (AvgIpc) is 1.80. The molecule has 66 valence electrons. The minimum atomic E-state index is -0.791. The summed E-state index contributed by atoms with van der Waals surface area (Å²) in [6, 6.07) is 0. The molecule has 0 aromatic carbocycles. The Morgan fingerprint density at radius 2 is 2.09 bits per heavy atom. The lowest BCUT2D eigenvalue weighted by molar-refractivity contribution is -0.132. The Hall–Kier alpha value is -0.320. The minimum absolute atomic E-state index is 0. The van der Waals surface area contributed by atoms with E-state index < -0.39 is 11.4 Å². The summed E-state index contributed by atoms with van der Waals surface area (Å²) in [4.78, 5) is 10.6. The third-order valence-corrected chi connectivity index (χ3v) is 2.01. The second-order valence-corrected chi connectivity index (χ2v) is 2.79. The number of carbonyl (C=O) groups is 1. The Kier molecular flexibility index (Phi) is 3.29. The number of halogens is 1. The molecule has 0 heterocycles. The molecular formula is C6H13ClN2O2. The number of amides is 1. The van der Waals surface area contributed by atoms with Crippen molar-refractivity contribution in [2.75, 3.05) is 7.11 Å². The number of hydrogen-bond acceptors (Lipinski definition) is 3. The highest BCUT2D eigenvalue weighted by atomic mass is 35.5. The monoisotopic (exact) mass is 180 g/mol. The van der Waals surface area contributed by atoms with Crippen LogP contribution in [0.4, 0.5) is 0 Å². The van der Waals surface area contributed by atoms with Crippen LogP contribution in [0.25, 0.3) is 0 Å².